The van der Waals surface area contributed by atoms with Gasteiger partial charge in [-0.2, -0.15) is 11.1 Å². The van der Waals surface area contributed by atoms with E-state index < -0.39 is 7.38 Å². The maximum Gasteiger partial charge on any atom is 0.215 e. The zero-order valence-corrected chi connectivity index (χ0v) is 12.6. The lowest BCUT2D eigenvalue weighted by Gasteiger charge is -2.22. The summed E-state index contributed by atoms with van der Waals surface area (Å²) in [6, 6.07) is 20.9. The molecule has 3 rings (SSSR count). The maximum absolute atomic E-state index is 6.97. The second kappa shape index (κ2) is 4.84. The molecule has 0 spiro atoms. The Labute approximate surface area is 119 Å². The molecule has 1 aliphatic rings. The van der Waals surface area contributed by atoms with Crippen LogP contribution in [0.1, 0.15) is 11.1 Å². The third-order valence-corrected chi connectivity index (χ3v) is 7.75. The Morgan fingerprint density at radius 2 is 1.05 bits per heavy atom. The predicted molar refractivity (Wildman–Crippen MR) is 86.3 cm³/mol. The largest absolute Gasteiger partial charge is 0.215 e. The molecule has 0 nitrogen and oxygen atoms in total. The Balaban J connectivity index is 1.99. The minimum absolute atomic E-state index is 1.24. The number of hydrogen-bond donors (Lipinski definition) is 0. The van der Waals surface area contributed by atoms with E-state index in [0.29, 0.717) is 0 Å². The molecule has 19 heavy (non-hydrogen) atoms. The summed E-state index contributed by atoms with van der Waals surface area (Å²) in [5, 5.41) is 2.60. The second-order valence-corrected chi connectivity index (χ2v) is 10.2. The van der Waals surface area contributed by atoms with Gasteiger partial charge in [0.25, 0.3) is 0 Å². The molecule has 0 aliphatic carbocycles. The van der Waals surface area contributed by atoms with Crippen molar-refractivity contribution in [1.29, 1.82) is 0 Å². The molecular weight excluding hydrogens is 268 g/mol. The lowest BCUT2D eigenvalue weighted by atomic mass is 10.2. The fourth-order valence-electron chi connectivity index (χ4n) is 2.59. The fraction of sp³-hybridized carbons (Fsp3) is 0.0588. The molecule has 2 heteroatoms. The summed E-state index contributed by atoms with van der Waals surface area (Å²) in [5.74, 6) is 0. The second-order valence-electron chi connectivity index (χ2n) is 4.90. The smallest absolute Gasteiger partial charge is 0.155 e. The number of allylic oxidation sites excluding steroid dienone is 2. The van der Waals surface area contributed by atoms with E-state index in [1.165, 1.54) is 21.5 Å². The molecule has 0 aromatic heterocycles. The van der Waals surface area contributed by atoms with Crippen molar-refractivity contribution in [3.63, 3.8) is 0 Å². The Morgan fingerprint density at radius 3 is 1.42 bits per heavy atom. The highest BCUT2D eigenvalue weighted by atomic mass is 35.6. The van der Waals surface area contributed by atoms with Gasteiger partial charge in [-0.05, 0) is 28.1 Å². The van der Waals surface area contributed by atoms with E-state index >= 15 is 0 Å². The lowest BCUT2D eigenvalue weighted by molar-refractivity contribution is 1.64. The van der Waals surface area contributed by atoms with Gasteiger partial charge in [-0.3, -0.25) is 0 Å². The van der Waals surface area contributed by atoms with Gasteiger partial charge in [0.05, 0.1) is 0 Å². The molecule has 2 aromatic rings. The minimum atomic E-state index is -2.09. The van der Waals surface area contributed by atoms with Crippen LogP contribution in [0.15, 0.2) is 72.8 Å². The summed E-state index contributed by atoms with van der Waals surface area (Å²) in [5.41, 5.74) is 2.49. The molecule has 0 radical (unpaired) electrons. The van der Waals surface area contributed by atoms with Crippen LogP contribution in [-0.4, -0.2) is 7.38 Å². The van der Waals surface area contributed by atoms with Crippen LogP contribution in [0.3, 0.4) is 0 Å². The first kappa shape index (κ1) is 12.5. The molecule has 0 atom stereocenters. The molecule has 0 fully saturated rings. The Morgan fingerprint density at radius 1 is 0.684 bits per heavy atom. The van der Waals surface area contributed by atoms with E-state index in [-0.39, 0.29) is 0 Å². The van der Waals surface area contributed by atoms with Gasteiger partial charge in [0.2, 0.25) is 7.38 Å². The fourth-order valence-corrected chi connectivity index (χ4v) is 6.13. The van der Waals surface area contributed by atoms with Crippen LogP contribution in [0.4, 0.5) is 0 Å². The average molecular weight is 283 g/mol. The molecule has 0 unspecified atom stereocenters. The van der Waals surface area contributed by atoms with Gasteiger partial charge < -0.3 is 0 Å². The van der Waals surface area contributed by atoms with Crippen molar-refractivity contribution in [2.45, 2.75) is 6.55 Å². The van der Waals surface area contributed by atoms with Gasteiger partial charge >= 0.3 is 0 Å². The highest BCUT2D eigenvalue weighted by Gasteiger charge is 2.38. The zero-order valence-electron chi connectivity index (χ0n) is 10.8. The van der Waals surface area contributed by atoms with Crippen molar-refractivity contribution >= 4 is 28.9 Å². The average Bonchev–Trinajstić information content (AvgIpc) is 2.76. The summed E-state index contributed by atoms with van der Waals surface area (Å²) in [6.07, 6.45) is 4.38. The van der Waals surface area contributed by atoms with E-state index in [4.69, 9.17) is 11.1 Å². The van der Waals surface area contributed by atoms with Gasteiger partial charge in [0.1, 0.15) is 0 Å². The Kier molecular flexibility index (Phi) is 3.17. The topological polar surface area (TPSA) is 0 Å². The van der Waals surface area contributed by atoms with Crippen molar-refractivity contribution in [3.05, 3.63) is 83.9 Å². The molecule has 94 valence electrons. The van der Waals surface area contributed by atoms with E-state index in [9.17, 15) is 0 Å². The Bertz CT molecular complexity index is 582. The molecule has 1 aliphatic heterocycles. The van der Waals surface area contributed by atoms with E-state index in [0.717, 1.165) is 0 Å². The van der Waals surface area contributed by atoms with E-state index in [1.54, 1.807) is 0 Å². The maximum atomic E-state index is 6.97. The van der Waals surface area contributed by atoms with Crippen LogP contribution in [0, 0.1) is 0 Å². The standard InChI is InChI=1S/C17H15ClSi/c1-19(18)16(14-8-4-2-5-9-14)12-13-17(19)15-10-6-3-7-11-15/h2-13H,1H3. The van der Waals surface area contributed by atoms with Gasteiger partial charge in [-0.25, -0.2) is 0 Å². The van der Waals surface area contributed by atoms with Crippen LogP contribution < -0.4 is 0 Å². The summed E-state index contributed by atoms with van der Waals surface area (Å²) in [6.45, 7) is 2.21. The molecule has 0 saturated carbocycles. The van der Waals surface area contributed by atoms with Crippen LogP contribution in [0.25, 0.3) is 10.4 Å². The zero-order chi connectivity index (χ0) is 13.3. The number of benzene rings is 2. The van der Waals surface area contributed by atoms with Gasteiger partial charge in [0, 0.05) is 0 Å². The van der Waals surface area contributed by atoms with Crippen molar-refractivity contribution < 1.29 is 0 Å². The first-order valence-corrected chi connectivity index (χ1v) is 9.93. The normalized spacial score (nSPS) is 16.9. The highest BCUT2D eigenvalue weighted by molar-refractivity contribution is 7.39. The van der Waals surface area contributed by atoms with Crippen LogP contribution in [0.5, 0.6) is 0 Å². The van der Waals surface area contributed by atoms with Gasteiger partial charge in [-0.1, -0.05) is 72.8 Å². The quantitative estimate of drug-likeness (QED) is 0.533. The van der Waals surface area contributed by atoms with Crippen molar-refractivity contribution in [1.82, 2.24) is 0 Å². The molecule has 0 amide bonds. The van der Waals surface area contributed by atoms with Crippen molar-refractivity contribution in [3.8, 4) is 0 Å². The summed E-state index contributed by atoms with van der Waals surface area (Å²) >= 11 is 6.97. The lowest BCUT2D eigenvalue weighted by Crippen LogP contribution is -2.25. The first-order valence-electron chi connectivity index (χ1n) is 6.42. The summed E-state index contributed by atoms with van der Waals surface area (Å²) in [7, 11) is -2.09. The van der Waals surface area contributed by atoms with Crippen molar-refractivity contribution in [2.24, 2.45) is 0 Å². The highest BCUT2D eigenvalue weighted by Crippen LogP contribution is 2.43. The van der Waals surface area contributed by atoms with E-state index in [2.05, 4.69) is 67.2 Å². The summed E-state index contributed by atoms with van der Waals surface area (Å²) in [4.78, 5) is 0. The number of halogens is 1. The van der Waals surface area contributed by atoms with Crippen LogP contribution in [-0.2, 0) is 0 Å². The third-order valence-electron chi connectivity index (χ3n) is 3.60. The third kappa shape index (κ3) is 2.20. The summed E-state index contributed by atoms with van der Waals surface area (Å²) < 4.78 is 0. The molecule has 2 aromatic carbocycles. The number of hydrogen-bond acceptors (Lipinski definition) is 0. The SMILES string of the molecule is C[Si]1(Cl)C(c2ccccc2)=CC=C1c1ccccc1. The van der Waals surface area contributed by atoms with E-state index in [1.807, 2.05) is 12.1 Å². The van der Waals surface area contributed by atoms with Gasteiger partial charge in [-0.15, -0.1) is 0 Å². The molecular formula is C17H15ClSi. The van der Waals surface area contributed by atoms with Crippen LogP contribution >= 0.6 is 11.1 Å². The molecule has 0 N–H and O–H groups in total. The van der Waals surface area contributed by atoms with Crippen molar-refractivity contribution in [2.75, 3.05) is 0 Å². The molecule has 1 heterocycles. The number of rotatable bonds is 2. The monoisotopic (exact) mass is 282 g/mol. The molecule has 0 saturated heterocycles. The van der Waals surface area contributed by atoms with Crippen LogP contribution in [0.2, 0.25) is 6.55 Å². The minimum Gasteiger partial charge on any atom is -0.155 e. The van der Waals surface area contributed by atoms with Gasteiger partial charge in [0.15, 0.2) is 0 Å². The Hall–Kier alpha value is -1.57. The first-order chi connectivity index (χ1) is 9.19. The molecule has 0 bridgehead atoms. The predicted octanol–water partition coefficient (Wildman–Crippen LogP) is 5.06.